The van der Waals surface area contributed by atoms with Gasteiger partial charge in [-0.1, -0.05) is 18.2 Å². The Hall–Kier alpha value is -3.46. The largest absolute Gasteiger partial charge is 0.496 e. The van der Waals surface area contributed by atoms with E-state index in [0.29, 0.717) is 41.7 Å². The Kier molecular flexibility index (Phi) is 8.98. The van der Waals surface area contributed by atoms with Crippen LogP contribution in [0.1, 0.15) is 22.3 Å². The minimum absolute atomic E-state index is 0.0317. The van der Waals surface area contributed by atoms with Crippen LogP contribution in [-0.4, -0.2) is 82.8 Å². The number of nitrogens with one attached hydrogen (secondary N) is 1. The Balaban J connectivity index is 1.89. The maximum atomic E-state index is 13.7. The molecule has 1 saturated heterocycles. The van der Waals surface area contributed by atoms with Crippen molar-refractivity contribution in [2.75, 3.05) is 61.2 Å². The van der Waals surface area contributed by atoms with Gasteiger partial charge in [-0.05, 0) is 18.2 Å². The second-order valence-electron chi connectivity index (χ2n) is 7.83. The predicted octanol–water partition coefficient (Wildman–Crippen LogP) is 2.19. The Bertz CT molecular complexity index is 965. The first-order valence-corrected chi connectivity index (χ1v) is 11.2. The number of benzene rings is 2. The summed E-state index contributed by atoms with van der Waals surface area (Å²) in [6.45, 7) is 3.45. The molecule has 9 heteroatoms. The van der Waals surface area contributed by atoms with Crippen LogP contribution in [0.4, 0.5) is 0 Å². The number of carbonyl (C=O) groups is 2. The lowest BCUT2D eigenvalue weighted by Gasteiger charge is -2.29. The summed E-state index contributed by atoms with van der Waals surface area (Å²) in [6.07, 6.45) is 0.227. The zero-order chi connectivity index (χ0) is 24.5. The zero-order valence-corrected chi connectivity index (χ0v) is 20.3. The Labute approximate surface area is 200 Å². The summed E-state index contributed by atoms with van der Waals surface area (Å²) in [5.41, 5.74) is 1.22. The molecule has 0 unspecified atom stereocenters. The summed E-state index contributed by atoms with van der Waals surface area (Å²) >= 11 is 0. The number of piperazine rings is 1. The van der Waals surface area contributed by atoms with Crippen molar-refractivity contribution in [1.82, 2.24) is 15.1 Å². The molecule has 184 valence electrons. The number of carbonyl (C=O) groups excluding carboxylic acids is 2. The van der Waals surface area contributed by atoms with Gasteiger partial charge in [0.1, 0.15) is 5.75 Å². The molecule has 0 aliphatic carbocycles. The van der Waals surface area contributed by atoms with Gasteiger partial charge in [0.15, 0.2) is 11.5 Å². The van der Waals surface area contributed by atoms with Crippen LogP contribution in [0.3, 0.4) is 0 Å². The van der Waals surface area contributed by atoms with Crippen molar-refractivity contribution in [1.29, 1.82) is 0 Å². The molecule has 2 aromatic carbocycles. The molecular formula is C25H33N3O6. The van der Waals surface area contributed by atoms with Crippen LogP contribution in [0.15, 0.2) is 36.4 Å². The van der Waals surface area contributed by atoms with Crippen molar-refractivity contribution >= 4 is 11.8 Å². The van der Waals surface area contributed by atoms with Gasteiger partial charge in [-0.25, -0.2) is 0 Å². The number of nitrogens with zero attached hydrogens (tertiary/aromatic N) is 2. The summed E-state index contributed by atoms with van der Waals surface area (Å²) in [5.74, 6) is 1.64. The molecule has 2 amide bonds. The van der Waals surface area contributed by atoms with Gasteiger partial charge in [-0.3, -0.25) is 9.59 Å². The van der Waals surface area contributed by atoms with Crippen molar-refractivity contribution in [2.45, 2.75) is 13.0 Å². The Morgan fingerprint density at radius 1 is 0.912 bits per heavy atom. The molecule has 1 heterocycles. The fourth-order valence-corrected chi connectivity index (χ4v) is 3.98. The number of rotatable bonds is 10. The molecule has 0 radical (unpaired) electrons. The smallest absolute Gasteiger partial charge is 0.254 e. The van der Waals surface area contributed by atoms with Crippen LogP contribution in [0.2, 0.25) is 0 Å². The van der Waals surface area contributed by atoms with E-state index in [9.17, 15) is 9.59 Å². The van der Waals surface area contributed by atoms with Crippen LogP contribution in [-0.2, 0) is 11.3 Å². The van der Waals surface area contributed by atoms with E-state index in [1.807, 2.05) is 29.2 Å². The van der Waals surface area contributed by atoms with Crippen LogP contribution in [0, 0.1) is 0 Å². The molecule has 1 N–H and O–H groups in total. The van der Waals surface area contributed by atoms with E-state index in [1.54, 1.807) is 24.1 Å². The molecular weight excluding hydrogens is 438 g/mol. The van der Waals surface area contributed by atoms with Crippen LogP contribution < -0.4 is 24.3 Å². The third kappa shape index (κ3) is 5.91. The molecule has 1 aliphatic rings. The minimum atomic E-state index is -0.252. The lowest BCUT2D eigenvalue weighted by Crippen LogP contribution is -2.47. The van der Waals surface area contributed by atoms with Crippen molar-refractivity contribution in [3.63, 3.8) is 0 Å². The van der Waals surface area contributed by atoms with Gasteiger partial charge in [0.05, 0.1) is 28.4 Å². The number of para-hydroxylation sites is 1. The van der Waals surface area contributed by atoms with E-state index in [0.717, 1.165) is 18.7 Å². The summed E-state index contributed by atoms with van der Waals surface area (Å²) in [7, 11) is 6.12. The van der Waals surface area contributed by atoms with Crippen molar-refractivity contribution in [2.24, 2.45) is 0 Å². The summed E-state index contributed by atoms with van der Waals surface area (Å²) in [5, 5.41) is 3.24. The number of ether oxygens (including phenoxy) is 4. The van der Waals surface area contributed by atoms with Gasteiger partial charge in [0.2, 0.25) is 11.7 Å². The molecule has 34 heavy (non-hydrogen) atoms. The van der Waals surface area contributed by atoms with E-state index < -0.39 is 0 Å². The van der Waals surface area contributed by atoms with E-state index >= 15 is 0 Å². The van der Waals surface area contributed by atoms with E-state index in [-0.39, 0.29) is 31.3 Å². The standard InChI is InChI=1S/C25H33N3O6/c1-31-20-8-6-5-7-18(20)17-28(12-9-23(29)27-13-10-26-11-14-27)25(30)19-15-21(32-2)24(34-4)22(16-19)33-3/h5-8,15-16,26H,9-14,17H2,1-4H3. The molecule has 0 aromatic heterocycles. The van der Waals surface area contributed by atoms with Gasteiger partial charge in [-0.2, -0.15) is 0 Å². The monoisotopic (exact) mass is 471 g/mol. The maximum absolute atomic E-state index is 13.7. The summed E-state index contributed by atoms with van der Waals surface area (Å²) in [6, 6.07) is 10.8. The van der Waals surface area contributed by atoms with Gasteiger partial charge in [0, 0.05) is 56.8 Å². The highest BCUT2D eigenvalue weighted by Crippen LogP contribution is 2.38. The summed E-state index contributed by atoms with van der Waals surface area (Å²) < 4.78 is 21.7. The van der Waals surface area contributed by atoms with Crippen LogP contribution >= 0.6 is 0 Å². The molecule has 1 aliphatic heterocycles. The Morgan fingerprint density at radius 2 is 1.53 bits per heavy atom. The first kappa shape index (κ1) is 25.2. The van der Waals surface area contributed by atoms with E-state index in [1.165, 1.54) is 21.3 Å². The Morgan fingerprint density at radius 3 is 2.12 bits per heavy atom. The number of methoxy groups -OCH3 is 4. The quantitative estimate of drug-likeness (QED) is 0.568. The highest BCUT2D eigenvalue weighted by atomic mass is 16.5. The fourth-order valence-electron chi connectivity index (χ4n) is 3.98. The number of hydrogen-bond donors (Lipinski definition) is 1. The third-order valence-corrected chi connectivity index (χ3v) is 5.82. The maximum Gasteiger partial charge on any atom is 0.254 e. The average molecular weight is 472 g/mol. The third-order valence-electron chi connectivity index (χ3n) is 5.82. The molecule has 0 bridgehead atoms. The summed E-state index contributed by atoms with van der Waals surface area (Å²) in [4.78, 5) is 30.0. The second-order valence-corrected chi connectivity index (χ2v) is 7.83. The number of hydrogen-bond acceptors (Lipinski definition) is 7. The molecule has 1 fully saturated rings. The first-order chi connectivity index (χ1) is 16.5. The van der Waals surface area contributed by atoms with Gasteiger partial charge in [-0.15, -0.1) is 0 Å². The van der Waals surface area contributed by atoms with Crippen molar-refractivity contribution in [3.05, 3.63) is 47.5 Å². The van der Waals surface area contributed by atoms with Gasteiger partial charge < -0.3 is 34.1 Å². The molecule has 3 rings (SSSR count). The molecule has 0 spiro atoms. The van der Waals surface area contributed by atoms with Crippen molar-refractivity contribution in [3.8, 4) is 23.0 Å². The number of amides is 2. The van der Waals surface area contributed by atoms with E-state index in [4.69, 9.17) is 18.9 Å². The molecule has 0 atom stereocenters. The fraction of sp³-hybridized carbons (Fsp3) is 0.440. The minimum Gasteiger partial charge on any atom is -0.496 e. The normalized spacial score (nSPS) is 13.2. The van der Waals surface area contributed by atoms with Crippen LogP contribution in [0.25, 0.3) is 0 Å². The van der Waals surface area contributed by atoms with Gasteiger partial charge >= 0.3 is 0 Å². The SMILES string of the molecule is COc1ccccc1CN(CCC(=O)N1CCNCC1)C(=O)c1cc(OC)c(OC)c(OC)c1. The van der Waals surface area contributed by atoms with Gasteiger partial charge in [0.25, 0.3) is 5.91 Å². The molecule has 2 aromatic rings. The lowest BCUT2D eigenvalue weighted by atomic mass is 10.1. The van der Waals surface area contributed by atoms with Crippen LogP contribution in [0.5, 0.6) is 23.0 Å². The molecule has 9 nitrogen and oxygen atoms in total. The molecule has 0 saturated carbocycles. The highest BCUT2D eigenvalue weighted by molar-refractivity contribution is 5.96. The lowest BCUT2D eigenvalue weighted by molar-refractivity contribution is -0.132. The first-order valence-electron chi connectivity index (χ1n) is 11.2. The second kappa shape index (κ2) is 12.1. The van der Waals surface area contributed by atoms with Crippen molar-refractivity contribution < 1.29 is 28.5 Å². The highest BCUT2D eigenvalue weighted by Gasteiger charge is 2.24. The average Bonchev–Trinajstić information content (AvgIpc) is 2.90. The zero-order valence-electron chi connectivity index (χ0n) is 20.3. The predicted molar refractivity (Wildman–Crippen MR) is 128 cm³/mol. The topological polar surface area (TPSA) is 89.6 Å². The van der Waals surface area contributed by atoms with E-state index in [2.05, 4.69) is 5.32 Å².